The number of ketones is 1. The van der Waals surface area contributed by atoms with E-state index in [1.807, 2.05) is 20.8 Å². The first-order valence-corrected chi connectivity index (χ1v) is 18.5. The first-order valence-electron chi connectivity index (χ1n) is 18.5. The molecule has 0 aliphatic heterocycles. The summed E-state index contributed by atoms with van der Waals surface area (Å²) in [5, 5.41) is 21.1. The van der Waals surface area contributed by atoms with Crippen LogP contribution < -0.4 is 31.9 Å². The number of unbranched alkanes of at least 4 members (excludes halogenated alkanes) is 3. The van der Waals surface area contributed by atoms with E-state index >= 15 is 0 Å². The molecule has 0 bridgehead atoms. The first-order chi connectivity index (χ1) is 21.2. The molecule has 0 fully saturated rings. The molecular weight excluding hydrogens is 584 g/mol. The maximum Gasteiger partial charge on any atom is 0.237 e. The van der Waals surface area contributed by atoms with Crippen LogP contribution in [-0.2, 0) is 9.59 Å². The fraction of sp³-hybridized carbons (Fsp3) is 0.897. The van der Waals surface area contributed by atoms with Crippen molar-refractivity contribution in [3.05, 3.63) is 12.3 Å². The van der Waals surface area contributed by atoms with Crippen LogP contribution in [0.25, 0.3) is 0 Å². The minimum absolute atomic E-state index is 0.0132. The van der Waals surface area contributed by atoms with Crippen molar-refractivity contribution >= 4 is 11.7 Å². The fourth-order valence-electron chi connectivity index (χ4n) is 5.43. The summed E-state index contributed by atoms with van der Waals surface area (Å²) in [5.74, 6) is 0.00843. The number of rotatable bonds is 22. The van der Waals surface area contributed by atoms with Gasteiger partial charge in [0.05, 0.1) is 12.1 Å². The number of hydrogen-bond acceptors (Lipinski definition) is 7. The predicted octanol–water partition coefficient (Wildman–Crippen LogP) is 6.99. The minimum atomic E-state index is -0.537. The van der Waals surface area contributed by atoms with E-state index in [0.29, 0.717) is 6.42 Å². The second-order valence-corrected chi connectivity index (χ2v) is 18.9. The van der Waals surface area contributed by atoms with Crippen LogP contribution in [0.4, 0.5) is 0 Å². The molecule has 3 atom stereocenters. The van der Waals surface area contributed by atoms with Crippen molar-refractivity contribution in [1.82, 2.24) is 31.9 Å². The van der Waals surface area contributed by atoms with Gasteiger partial charge in [-0.05, 0) is 141 Å². The summed E-state index contributed by atoms with van der Waals surface area (Å²) < 4.78 is 0. The molecule has 0 aromatic rings. The Balaban J connectivity index is 5.21. The number of carbonyl (C=O) groups is 2. The molecular formula is C39H80N6O2. The maximum absolute atomic E-state index is 13.7. The summed E-state index contributed by atoms with van der Waals surface area (Å²) in [6.45, 7) is 38.9. The zero-order valence-electron chi connectivity index (χ0n) is 33.7. The molecule has 47 heavy (non-hydrogen) atoms. The highest BCUT2D eigenvalue weighted by molar-refractivity contribution is 5.93. The highest BCUT2D eigenvalue weighted by Gasteiger charge is 2.33. The molecule has 0 rings (SSSR count). The molecule has 8 nitrogen and oxygen atoms in total. The van der Waals surface area contributed by atoms with Crippen LogP contribution in [-0.4, -0.2) is 71.6 Å². The van der Waals surface area contributed by atoms with Crippen LogP contribution in [0.1, 0.15) is 162 Å². The van der Waals surface area contributed by atoms with E-state index < -0.39 is 11.5 Å². The first kappa shape index (κ1) is 45.5. The molecule has 0 aliphatic rings. The number of amides is 1. The Labute approximate surface area is 292 Å². The third kappa shape index (κ3) is 25.2. The zero-order valence-corrected chi connectivity index (χ0v) is 33.7. The molecule has 8 heteroatoms. The van der Waals surface area contributed by atoms with Crippen LogP contribution >= 0.6 is 0 Å². The van der Waals surface area contributed by atoms with Crippen molar-refractivity contribution in [2.75, 3.05) is 19.6 Å². The number of hydrogen-bond donors (Lipinski definition) is 6. The summed E-state index contributed by atoms with van der Waals surface area (Å²) in [4.78, 5) is 27.2. The Morgan fingerprint density at radius 2 is 0.894 bits per heavy atom. The van der Waals surface area contributed by atoms with Crippen molar-refractivity contribution in [2.45, 2.75) is 202 Å². The summed E-state index contributed by atoms with van der Waals surface area (Å²) in [5.41, 5.74) is 0.478. The minimum Gasteiger partial charge on any atom is -0.388 e. The van der Waals surface area contributed by atoms with E-state index in [4.69, 9.17) is 0 Å². The molecule has 0 aliphatic carbocycles. The van der Waals surface area contributed by atoms with Gasteiger partial charge >= 0.3 is 0 Å². The Morgan fingerprint density at radius 1 is 0.511 bits per heavy atom. The molecule has 0 saturated heterocycles. The lowest BCUT2D eigenvalue weighted by Gasteiger charge is -2.31. The lowest BCUT2D eigenvalue weighted by Crippen LogP contribution is -2.55. The molecule has 6 N–H and O–H groups in total. The van der Waals surface area contributed by atoms with Gasteiger partial charge < -0.3 is 31.9 Å². The van der Waals surface area contributed by atoms with Gasteiger partial charge in [-0.1, -0.05) is 40.2 Å². The van der Waals surface area contributed by atoms with E-state index in [1.54, 1.807) is 0 Å². The van der Waals surface area contributed by atoms with Gasteiger partial charge in [0.15, 0.2) is 5.78 Å². The van der Waals surface area contributed by atoms with E-state index in [1.165, 1.54) is 0 Å². The van der Waals surface area contributed by atoms with Crippen molar-refractivity contribution in [2.24, 2.45) is 5.41 Å². The number of carbonyl (C=O) groups excluding carboxylic acids is 2. The Bertz CT molecular complexity index is 912. The average molecular weight is 665 g/mol. The predicted molar refractivity (Wildman–Crippen MR) is 204 cm³/mol. The fourth-order valence-corrected chi connectivity index (χ4v) is 5.43. The Kier molecular flexibility index (Phi) is 19.6. The van der Waals surface area contributed by atoms with Gasteiger partial charge in [0.1, 0.15) is 0 Å². The zero-order chi connectivity index (χ0) is 36.7. The van der Waals surface area contributed by atoms with E-state index in [9.17, 15) is 9.59 Å². The van der Waals surface area contributed by atoms with Gasteiger partial charge in [-0.3, -0.25) is 9.59 Å². The van der Waals surface area contributed by atoms with Gasteiger partial charge in [-0.25, -0.2) is 0 Å². The topological polar surface area (TPSA) is 106 Å². The van der Waals surface area contributed by atoms with Crippen LogP contribution in [0, 0.1) is 5.41 Å². The van der Waals surface area contributed by atoms with Crippen LogP contribution in [0.5, 0.6) is 0 Å². The van der Waals surface area contributed by atoms with Gasteiger partial charge in [0.25, 0.3) is 0 Å². The Morgan fingerprint density at radius 3 is 1.30 bits per heavy atom. The van der Waals surface area contributed by atoms with Crippen molar-refractivity contribution < 1.29 is 9.59 Å². The lowest BCUT2D eigenvalue weighted by molar-refractivity contribution is -0.133. The molecule has 0 aromatic carbocycles. The lowest BCUT2D eigenvalue weighted by atomic mass is 9.84. The number of nitrogens with one attached hydrogen (secondary N) is 6. The van der Waals surface area contributed by atoms with Crippen LogP contribution in [0.3, 0.4) is 0 Å². The molecule has 3 unspecified atom stereocenters. The summed E-state index contributed by atoms with van der Waals surface area (Å²) in [7, 11) is 0. The molecule has 0 radical (unpaired) electrons. The monoisotopic (exact) mass is 665 g/mol. The number of Topliss-reactive ketones (excluding diaryl/α,β-unsaturated/α-hetero) is 1. The van der Waals surface area contributed by atoms with Crippen molar-refractivity contribution in [3.8, 4) is 0 Å². The molecule has 0 saturated carbocycles. The van der Waals surface area contributed by atoms with Gasteiger partial charge in [-0.15, -0.1) is 0 Å². The van der Waals surface area contributed by atoms with Crippen molar-refractivity contribution in [3.63, 3.8) is 0 Å². The standard InChI is InChI=1S/C39H80N6O2/c1-29(30(44-38(11,12)13)23-18-21-27-41-36(5,6)7)40-26-20-17-24-31(33(46)35(2,3)4)43-34(47)32(45-39(14,15)16)25-19-22-28-42-37(8,9)10/h30-32,40-42,44-45H,1,17-28H2,2-16H3,(H,43,47). The highest BCUT2D eigenvalue weighted by atomic mass is 16.2. The molecule has 0 heterocycles. The molecule has 278 valence electrons. The van der Waals surface area contributed by atoms with Gasteiger partial charge in [0.2, 0.25) is 5.91 Å². The SMILES string of the molecule is C=C(NCCCCC(NC(=O)C(CCCCNC(C)(C)C)NC(C)(C)C)C(=O)C(C)(C)C)C(CCCCNC(C)(C)C)NC(C)(C)C. The van der Waals surface area contributed by atoms with Crippen molar-refractivity contribution in [1.29, 1.82) is 0 Å². The average Bonchev–Trinajstić information content (AvgIpc) is 2.86. The van der Waals surface area contributed by atoms with Crippen LogP contribution in [0.15, 0.2) is 12.3 Å². The smallest absolute Gasteiger partial charge is 0.237 e. The Hall–Kier alpha value is -1.48. The van der Waals surface area contributed by atoms with E-state index in [0.717, 1.165) is 76.7 Å². The summed E-state index contributed by atoms with van der Waals surface area (Å²) >= 11 is 0. The highest BCUT2D eigenvalue weighted by Crippen LogP contribution is 2.20. The summed E-state index contributed by atoms with van der Waals surface area (Å²) in [6, 6.07) is -0.661. The quantitative estimate of drug-likeness (QED) is 0.0693. The van der Waals surface area contributed by atoms with E-state index in [-0.39, 0.29) is 45.9 Å². The second-order valence-electron chi connectivity index (χ2n) is 18.9. The van der Waals surface area contributed by atoms with E-state index in [2.05, 4.69) is 122 Å². The van der Waals surface area contributed by atoms with Crippen LogP contribution in [0.2, 0.25) is 0 Å². The maximum atomic E-state index is 13.7. The molecule has 1 amide bonds. The second kappa shape index (κ2) is 20.3. The van der Waals surface area contributed by atoms with Gasteiger partial charge in [-0.2, -0.15) is 0 Å². The largest absolute Gasteiger partial charge is 0.388 e. The third-order valence-electron chi connectivity index (χ3n) is 7.75. The third-order valence-corrected chi connectivity index (χ3v) is 7.75. The normalized spacial score (nSPS) is 15.2. The van der Waals surface area contributed by atoms with Gasteiger partial charge in [0, 0.05) is 45.9 Å². The molecule has 0 aromatic heterocycles. The summed E-state index contributed by atoms with van der Waals surface area (Å²) in [6.07, 6.45) is 8.28. The molecule has 0 spiro atoms.